The Morgan fingerprint density at radius 2 is 1.91 bits per heavy atom. The van der Waals surface area contributed by atoms with Gasteiger partial charge in [-0.3, -0.25) is 4.79 Å². The molecule has 1 atom stereocenters. The van der Waals surface area contributed by atoms with E-state index in [1.165, 1.54) is 4.31 Å². The molecule has 130 valence electrons. The number of hydrogen-bond acceptors (Lipinski definition) is 6. The summed E-state index contributed by atoms with van der Waals surface area (Å²) in [5.41, 5.74) is 6.02. The minimum Gasteiger partial charge on any atom is -0.360 e. The molecule has 1 aliphatic rings. The summed E-state index contributed by atoms with van der Waals surface area (Å²) in [4.78, 5) is 13.9. The van der Waals surface area contributed by atoms with Gasteiger partial charge in [-0.2, -0.15) is 4.31 Å². The molecule has 8 nitrogen and oxygen atoms in total. The predicted octanol–water partition coefficient (Wildman–Crippen LogP) is 0.252. The van der Waals surface area contributed by atoms with Crippen molar-refractivity contribution < 1.29 is 17.7 Å². The van der Waals surface area contributed by atoms with Crippen LogP contribution in [-0.2, 0) is 14.8 Å². The van der Waals surface area contributed by atoms with Gasteiger partial charge >= 0.3 is 0 Å². The molecule has 1 saturated heterocycles. The number of piperazine rings is 1. The van der Waals surface area contributed by atoms with Gasteiger partial charge in [0.25, 0.3) is 0 Å². The van der Waals surface area contributed by atoms with Crippen molar-refractivity contribution in [2.75, 3.05) is 26.2 Å². The number of rotatable bonds is 5. The van der Waals surface area contributed by atoms with Crippen LogP contribution in [0, 0.1) is 13.8 Å². The molecular formula is C14H24N4O4S. The largest absolute Gasteiger partial charge is 0.360 e. The summed E-state index contributed by atoms with van der Waals surface area (Å²) < 4.78 is 31.7. The highest BCUT2D eigenvalue weighted by molar-refractivity contribution is 7.89. The van der Waals surface area contributed by atoms with Crippen LogP contribution < -0.4 is 5.73 Å². The highest BCUT2D eigenvalue weighted by Crippen LogP contribution is 2.24. The lowest BCUT2D eigenvalue weighted by molar-refractivity contribution is -0.132. The quantitative estimate of drug-likeness (QED) is 0.820. The van der Waals surface area contributed by atoms with E-state index in [4.69, 9.17) is 10.3 Å². The van der Waals surface area contributed by atoms with Gasteiger partial charge in [0.1, 0.15) is 10.6 Å². The number of aryl methyl sites for hydroxylation is 2. The molecule has 0 spiro atoms. The monoisotopic (exact) mass is 344 g/mol. The van der Waals surface area contributed by atoms with Crippen LogP contribution in [0.5, 0.6) is 0 Å². The van der Waals surface area contributed by atoms with E-state index in [-0.39, 0.29) is 35.7 Å². The van der Waals surface area contributed by atoms with Gasteiger partial charge in [0.2, 0.25) is 15.9 Å². The van der Waals surface area contributed by atoms with Crippen LogP contribution in [0.3, 0.4) is 0 Å². The van der Waals surface area contributed by atoms with Crippen LogP contribution in [0.15, 0.2) is 9.42 Å². The van der Waals surface area contributed by atoms with Gasteiger partial charge in [-0.25, -0.2) is 8.42 Å². The average Bonchev–Trinajstić information content (AvgIpc) is 2.84. The number of aromatic nitrogens is 1. The van der Waals surface area contributed by atoms with Crippen LogP contribution in [-0.4, -0.2) is 60.9 Å². The van der Waals surface area contributed by atoms with E-state index in [0.717, 1.165) is 0 Å². The SMILES string of the molecule is Cc1noc(C)c1S(=O)(=O)N1CCN(C(=O)CCC(C)N)CC1. The molecule has 2 rings (SSSR count). The molecule has 1 fully saturated rings. The van der Waals surface area contributed by atoms with Crippen LogP contribution >= 0.6 is 0 Å². The molecule has 0 bridgehead atoms. The lowest BCUT2D eigenvalue weighted by Crippen LogP contribution is -2.50. The van der Waals surface area contributed by atoms with E-state index in [1.807, 2.05) is 6.92 Å². The summed E-state index contributed by atoms with van der Waals surface area (Å²) in [5.74, 6) is 0.314. The van der Waals surface area contributed by atoms with Gasteiger partial charge in [-0.05, 0) is 27.2 Å². The summed E-state index contributed by atoms with van der Waals surface area (Å²) in [5, 5.41) is 3.70. The van der Waals surface area contributed by atoms with Gasteiger partial charge in [0.15, 0.2) is 5.76 Å². The third-order valence-corrected chi connectivity index (χ3v) is 6.11. The average molecular weight is 344 g/mol. The molecule has 1 aromatic rings. The van der Waals surface area contributed by atoms with Crippen LogP contribution in [0.4, 0.5) is 0 Å². The Morgan fingerprint density at radius 3 is 2.39 bits per heavy atom. The molecule has 1 aliphatic heterocycles. The van der Waals surface area contributed by atoms with E-state index in [1.54, 1.807) is 18.7 Å². The smallest absolute Gasteiger partial charge is 0.248 e. The molecule has 0 saturated carbocycles. The minimum absolute atomic E-state index is 0.0137. The van der Waals surface area contributed by atoms with Crippen LogP contribution in [0.25, 0.3) is 0 Å². The summed E-state index contributed by atoms with van der Waals surface area (Å²) in [6.07, 6.45) is 1.03. The molecule has 1 amide bonds. The molecule has 0 radical (unpaired) electrons. The molecule has 0 aliphatic carbocycles. The van der Waals surface area contributed by atoms with Gasteiger partial charge in [0, 0.05) is 38.6 Å². The highest BCUT2D eigenvalue weighted by atomic mass is 32.2. The van der Waals surface area contributed by atoms with Gasteiger partial charge in [-0.1, -0.05) is 5.16 Å². The third-order valence-electron chi connectivity index (χ3n) is 3.97. The van der Waals surface area contributed by atoms with Crippen LogP contribution in [0.2, 0.25) is 0 Å². The lowest BCUT2D eigenvalue weighted by Gasteiger charge is -2.34. The standard InChI is InChI=1S/C14H24N4O4S/c1-10(15)4-5-13(19)17-6-8-18(9-7-17)23(20,21)14-11(2)16-22-12(14)3/h10H,4-9,15H2,1-3H3. The van der Waals surface area contributed by atoms with Gasteiger partial charge in [0.05, 0.1) is 0 Å². The fourth-order valence-corrected chi connectivity index (χ4v) is 4.37. The Balaban J connectivity index is 2.00. The second kappa shape index (κ2) is 6.98. The van der Waals surface area contributed by atoms with Crippen molar-refractivity contribution in [1.82, 2.24) is 14.4 Å². The Hall–Kier alpha value is -1.45. The summed E-state index contributed by atoms with van der Waals surface area (Å²) in [6.45, 7) is 6.38. The topological polar surface area (TPSA) is 110 Å². The zero-order valence-corrected chi connectivity index (χ0v) is 14.6. The first kappa shape index (κ1) is 17.9. The van der Waals surface area contributed by atoms with E-state index in [0.29, 0.717) is 31.6 Å². The zero-order chi connectivity index (χ0) is 17.2. The van der Waals surface area contributed by atoms with Gasteiger partial charge < -0.3 is 15.2 Å². The molecule has 2 N–H and O–H groups in total. The number of hydrogen-bond donors (Lipinski definition) is 1. The predicted molar refractivity (Wildman–Crippen MR) is 84.2 cm³/mol. The van der Waals surface area contributed by atoms with E-state index in [2.05, 4.69) is 5.16 Å². The Labute approximate surface area is 136 Å². The molecule has 9 heteroatoms. The number of sulfonamides is 1. The molecule has 0 aromatic carbocycles. The lowest BCUT2D eigenvalue weighted by atomic mass is 10.2. The molecule has 2 heterocycles. The normalized spacial score (nSPS) is 18.2. The van der Waals surface area contributed by atoms with Crippen molar-refractivity contribution in [3.05, 3.63) is 11.5 Å². The van der Waals surface area contributed by atoms with Crippen molar-refractivity contribution in [3.8, 4) is 0 Å². The highest BCUT2D eigenvalue weighted by Gasteiger charge is 2.34. The fourth-order valence-electron chi connectivity index (χ4n) is 2.66. The van der Waals surface area contributed by atoms with E-state index < -0.39 is 10.0 Å². The molecule has 23 heavy (non-hydrogen) atoms. The first-order chi connectivity index (χ1) is 10.7. The Morgan fingerprint density at radius 1 is 1.30 bits per heavy atom. The van der Waals surface area contributed by atoms with Crippen molar-refractivity contribution >= 4 is 15.9 Å². The Kier molecular flexibility index (Phi) is 5.43. The number of nitrogens with zero attached hydrogens (tertiary/aromatic N) is 3. The fraction of sp³-hybridized carbons (Fsp3) is 0.714. The van der Waals surface area contributed by atoms with Gasteiger partial charge in [-0.15, -0.1) is 0 Å². The maximum absolute atomic E-state index is 12.7. The Bertz CT molecular complexity index is 641. The summed E-state index contributed by atoms with van der Waals surface area (Å²) in [6, 6.07) is -0.0137. The zero-order valence-electron chi connectivity index (χ0n) is 13.8. The third kappa shape index (κ3) is 3.91. The molecular weight excluding hydrogens is 320 g/mol. The number of amides is 1. The van der Waals surface area contributed by atoms with Crippen molar-refractivity contribution in [2.24, 2.45) is 5.73 Å². The van der Waals surface area contributed by atoms with E-state index >= 15 is 0 Å². The van der Waals surface area contributed by atoms with Crippen molar-refractivity contribution in [2.45, 2.75) is 44.6 Å². The first-order valence-corrected chi connectivity index (χ1v) is 9.14. The van der Waals surface area contributed by atoms with E-state index in [9.17, 15) is 13.2 Å². The van der Waals surface area contributed by atoms with Crippen molar-refractivity contribution in [3.63, 3.8) is 0 Å². The maximum atomic E-state index is 12.7. The molecule has 1 aromatic heterocycles. The van der Waals surface area contributed by atoms with Crippen LogP contribution in [0.1, 0.15) is 31.2 Å². The second-order valence-corrected chi connectivity index (χ2v) is 7.83. The summed E-state index contributed by atoms with van der Waals surface area (Å²) >= 11 is 0. The summed E-state index contributed by atoms with van der Waals surface area (Å²) in [7, 11) is -3.64. The number of nitrogens with two attached hydrogens (primary N) is 1. The number of carbonyl (C=O) groups excluding carboxylic acids is 1. The molecule has 1 unspecified atom stereocenters. The maximum Gasteiger partial charge on any atom is 0.248 e. The second-order valence-electron chi connectivity index (χ2n) is 5.95. The first-order valence-electron chi connectivity index (χ1n) is 7.70. The minimum atomic E-state index is -3.64. The number of carbonyl (C=O) groups is 1. The van der Waals surface area contributed by atoms with Crippen molar-refractivity contribution in [1.29, 1.82) is 0 Å².